The molecule has 1 aliphatic heterocycles. The molecule has 0 spiro atoms. The highest BCUT2D eigenvalue weighted by atomic mass is 16.5. The van der Waals surface area contributed by atoms with Crippen LogP contribution in [-0.4, -0.2) is 11.9 Å². The van der Waals surface area contributed by atoms with Crippen molar-refractivity contribution in [1.82, 2.24) is 0 Å². The van der Waals surface area contributed by atoms with Crippen LogP contribution in [0.2, 0.25) is 0 Å². The third-order valence-electron chi connectivity index (χ3n) is 3.36. The first-order valence-electron chi connectivity index (χ1n) is 6.53. The van der Waals surface area contributed by atoms with Crippen LogP contribution in [0, 0.1) is 5.92 Å². The van der Waals surface area contributed by atoms with Crippen LogP contribution in [0.4, 0.5) is 0 Å². The summed E-state index contributed by atoms with van der Waals surface area (Å²) in [5, 5.41) is 0. The number of fused-ring (bicyclic) bond motifs is 1. The van der Waals surface area contributed by atoms with Gasteiger partial charge in [-0.1, -0.05) is 30.7 Å². The van der Waals surface area contributed by atoms with Crippen molar-refractivity contribution in [2.45, 2.75) is 39.7 Å². The van der Waals surface area contributed by atoms with Gasteiger partial charge in [0.25, 0.3) is 0 Å². The third-order valence-corrected chi connectivity index (χ3v) is 3.36. The summed E-state index contributed by atoms with van der Waals surface area (Å²) in [6.07, 6.45) is 3.90. The number of carbonyl (C=O) groups excluding carboxylic acids is 1. The molecule has 0 radical (unpaired) electrons. The first-order valence-corrected chi connectivity index (χ1v) is 6.53. The van der Waals surface area contributed by atoms with E-state index >= 15 is 0 Å². The Balaban J connectivity index is 2.00. The van der Waals surface area contributed by atoms with Gasteiger partial charge in [0.1, 0.15) is 5.75 Å². The van der Waals surface area contributed by atoms with E-state index in [1.807, 2.05) is 24.3 Å². The second-order valence-electron chi connectivity index (χ2n) is 5.23. The predicted octanol–water partition coefficient (Wildman–Crippen LogP) is 4.01. The van der Waals surface area contributed by atoms with E-state index in [1.165, 1.54) is 5.57 Å². The molecule has 0 amide bonds. The number of hydrogen-bond donors (Lipinski definition) is 0. The van der Waals surface area contributed by atoms with E-state index in [0.29, 0.717) is 0 Å². The number of benzene rings is 1. The predicted molar refractivity (Wildman–Crippen MR) is 73.0 cm³/mol. The van der Waals surface area contributed by atoms with E-state index in [0.717, 1.165) is 24.2 Å². The Morgan fingerprint density at radius 3 is 2.78 bits per heavy atom. The van der Waals surface area contributed by atoms with Crippen LogP contribution in [0.3, 0.4) is 0 Å². The average molecular weight is 244 g/mol. The van der Waals surface area contributed by atoms with Crippen molar-refractivity contribution in [3.05, 3.63) is 41.5 Å². The topological polar surface area (TPSA) is 26.3 Å². The van der Waals surface area contributed by atoms with Crippen molar-refractivity contribution in [2.24, 2.45) is 5.92 Å². The van der Waals surface area contributed by atoms with Gasteiger partial charge in [-0.3, -0.25) is 4.79 Å². The number of hydrogen-bond acceptors (Lipinski definition) is 2. The van der Waals surface area contributed by atoms with Crippen molar-refractivity contribution in [2.75, 3.05) is 0 Å². The molecular formula is C16H20O2. The molecule has 2 nitrogen and oxygen atoms in total. The standard InChI is InChI=1S/C16H20O2/c1-11(2)7-6-8-12(3)16-15(17)13-9-4-5-10-14(13)18-16/h4-5,7,9-10,12,16H,6,8H2,1-3H3. The number of ketones is 1. The Hall–Kier alpha value is -1.57. The zero-order valence-electron chi connectivity index (χ0n) is 11.3. The Bertz CT molecular complexity index is 470. The maximum atomic E-state index is 12.2. The highest BCUT2D eigenvalue weighted by Gasteiger charge is 2.35. The molecule has 0 fully saturated rings. The van der Waals surface area contributed by atoms with Crippen LogP contribution < -0.4 is 4.74 Å². The summed E-state index contributed by atoms with van der Waals surface area (Å²) in [6.45, 7) is 6.28. The van der Waals surface area contributed by atoms with Crippen molar-refractivity contribution < 1.29 is 9.53 Å². The number of ether oxygens (including phenoxy) is 1. The van der Waals surface area contributed by atoms with Gasteiger partial charge in [0.05, 0.1) is 5.56 Å². The number of carbonyl (C=O) groups is 1. The summed E-state index contributed by atoms with van der Waals surface area (Å²) in [5.41, 5.74) is 2.06. The van der Waals surface area contributed by atoms with Gasteiger partial charge < -0.3 is 4.74 Å². The molecule has 96 valence electrons. The second kappa shape index (κ2) is 5.38. The van der Waals surface area contributed by atoms with Gasteiger partial charge in [-0.2, -0.15) is 0 Å². The molecule has 0 bridgehead atoms. The molecule has 0 N–H and O–H groups in total. The van der Waals surface area contributed by atoms with Gasteiger partial charge in [0, 0.05) is 5.92 Å². The molecule has 0 saturated carbocycles. The molecule has 1 aliphatic rings. The number of para-hydroxylation sites is 1. The van der Waals surface area contributed by atoms with Gasteiger partial charge in [-0.05, 0) is 38.8 Å². The summed E-state index contributed by atoms with van der Waals surface area (Å²) in [5.74, 6) is 1.12. The molecular weight excluding hydrogens is 224 g/mol. The van der Waals surface area contributed by atoms with Gasteiger partial charge in [0.2, 0.25) is 5.78 Å². The Labute approximate surface area is 109 Å². The Kier molecular flexibility index (Phi) is 3.85. The summed E-state index contributed by atoms with van der Waals surface area (Å²) in [4.78, 5) is 12.2. The molecule has 2 heteroatoms. The summed E-state index contributed by atoms with van der Waals surface area (Å²) >= 11 is 0. The SMILES string of the molecule is CC(C)=CCCC(C)C1Oc2ccccc2C1=O. The van der Waals surface area contributed by atoms with E-state index in [4.69, 9.17) is 4.74 Å². The van der Waals surface area contributed by atoms with Gasteiger partial charge in [-0.15, -0.1) is 0 Å². The van der Waals surface area contributed by atoms with Crippen LogP contribution in [0.5, 0.6) is 5.75 Å². The van der Waals surface area contributed by atoms with Crippen LogP contribution in [0.25, 0.3) is 0 Å². The Morgan fingerprint density at radius 2 is 2.11 bits per heavy atom. The minimum atomic E-state index is -0.298. The highest BCUT2D eigenvalue weighted by Crippen LogP contribution is 2.32. The molecule has 1 heterocycles. The molecule has 0 aliphatic carbocycles. The first-order chi connectivity index (χ1) is 8.59. The zero-order valence-corrected chi connectivity index (χ0v) is 11.3. The molecule has 2 atom stereocenters. The molecule has 18 heavy (non-hydrogen) atoms. The fourth-order valence-corrected chi connectivity index (χ4v) is 2.28. The average Bonchev–Trinajstić information content (AvgIpc) is 2.67. The van der Waals surface area contributed by atoms with Crippen LogP contribution in [-0.2, 0) is 0 Å². The largest absolute Gasteiger partial charge is 0.481 e. The fourth-order valence-electron chi connectivity index (χ4n) is 2.28. The number of allylic oxidation sites excluding steroid dienone is 2. The molecule has 0 saturated heterocycles. The number of rotatable bonds is 4. The molecule has 2 unspecified atom stereocenters. The van der Waals surface area contributed by atoms with Crippen molar-refractivity contribution in [3.8, 4) is 5.75 Å². The summed E-state index contributed by atoms with van der Waals surface area (Å²) < 4.78 is 5.77. The third kappa shape index (κ3) is 2.63. The van der Waals surface area contributed by atoms with E-state index in [-0.39, 0.29) is 17.8 Å². The lowest BCUT2D eigenvalue weighted by molar-refractivity contribution is 0.0768. The molecule has 1 aromatic carbocycles. The first kappa shape index (κ1) is 12.9. The lowest BCUT2D eigenvalue weighted by Crippen LogP contribution is -2.28. The van der Waals surface area contributed by atoms with Crippen molar-refractivity contribution in [1.29, 1.82) is 0 Å². The highest BCUT2D eigenvalue weighted by molar-refractivity contribution is 6.04. The van der Waals surface area contributed by atoms with Gasteiger partial charge in [-0.25, -0.2) is 0 Å². The minimum absolute atomic E-state index is 0.135. The van der Waals surface area contributed by atoms with Crippen LogP contribution in [0.1, 0.15) is 44.0 Å². The van der Waals surface area contributed by atoms with E-state index in [1.54, 1.807) is 0 Å². The van der Waals surface area contributed by atoms with E-state index in [9.17, 15) is 4.79 Å². The lowest BCUT2D eigenvalue weighted by atomic mass is 9.94. The maximum absolute atomic E-state index is 12.2. The second-order valence-corrected chi connectivity index (χ2v) is 5.23. The summed E-state index contributed by atoms with van der Waals surface area (Å²) in [6, 6.07) is 7.51. The monoisotopic (exact) mass is 244 g/mol. The molecule has 0 aromatic heterocycles. The normalized spacial score (nSPS) is 19.1. The van der Waals surface area contributed by atoms with Gasteiger partial charge >= 0.3 is 0 Å². The minimum Gasteiger partial charge on any atom is -0.481 e. The van der Waals surface area contributed by atoms with Crippen molar-refractivity contribution in [3.63, 3.8) is 0 Å². The van der Waals surface area contributed by atoms with Crippen LogP contribution >= 0.6 is 0 Å². The smallest absolute Gasteiger partial charge is 0.207 e. The lowest BCUT2D eigenvalue weighted by Gasteiger charge is -2.17. The number of Topliss-reactive ketones (excluding diaryl/α,β-unsaturated/α-hetero) is 1. The van der Waals surface area contributed by atoms with E-state index in [2.05, 4.69) is 26.8 Å². The molecule has 2 rings (SSSR count). The molecule has 1 aromatic rings. The van der Waals surface area contributed by atoms with E-state index < -0.39 is 0 Å². The summed E-state index contributed by atoms with van der Waals surface area (Å²) in [7, 11) is 0. The fraction of sp³-hybridized carbons (Fsp3) is 0.438. The van der Waals surface area contributed by atoms with Crippen LogP contribution in [0.15, 0.2) is 35.9 Å². The quantitative estimate of drug-likeness (QED) is 0.748. The maximum Gasteiger partial charge on any atom is 0.207 e. The zero-order chi connectivity index (χ0) is 13.1. The van der Waals surface area contributed by atoms with Crippen molar-refractivity contribution >= 4 is 5.78 Å². The van der Waals surface area contributed by atoms with Gasteiger partial charge in [0.15, 0.2) is 6.10 Å². The Morgan fingerprint density at radius 1 is 1.39 bits per heavy atom.